The zero-order chi connectivity index (χ0) is 9.26. The van der Waals surface area contributed by atoms with Crippen LogP contribution in [0.4, 0.5) is 0 Å². The molecule has 0 unspecified atom stereocenters. The summed E-state index contributed by atoms with van der Waals surface area (Å²) >= 11 is 0. The van der Waals surface area contributed by atoms with Gasteiger partial charge in [-0.25, -0.2) is 0 Å². The molecular weight excluding hydrogens is 164 g/mol. The van der Waals surface area contributed by atoms with Gasteiger partial charge in [0, 0.05) is 11.6 Å². The molecule has 2 rings (SSSR count). The van der Waals surface area contributed by atoms with Gasteiger partial charge in [0.25, 0.3) is 0 Å². The maximum Gasteiger partial charge on any atom is 0.104 e. The van der Waals surface area contributed by atoms with Crippen molar-refractivity contribution >= 4 is 10.9 Å². The highest BCUT2D eigenvalue weighted by Gasteiger charge is 2.03. The predicted octanol–water partition coefficient (Wildman–Crippen LogP) is 1.57. The fraction of sp³-hybridized carbons (Fsp3) is 0.100. The molecule has 2 aromatic rings. The Labute approximate surface area is 75.7 Å². The van der Waals surface area contributed by atoms with E-state index in [0.29, 0.717) is 5.56 Å². The average molecular weight is 172 g/mol. The summed E-state index contributed by atoms with van der Waals surface area (Å²) in [6.45, 7) is 0. The maximum atomic E-state index is 8.82. The minimum Gasteiger partial charge on any atom is -0.417 e. The zero-order valence-corrected chi connectivity index (χ0v) is 7.19. The van der Waals surface area contributed by atoms with Crippen molar-refractivity contribution in [2.45, 2.75) is 0 Å². The first-order chi connectivity index (χ1) is 6.36. The average Bonchev–Trinajstić information content (AvgIpc) is 2.60. The molecule has 0 amide bonds. The largest absolute Gasteiger partial charge is 0.417 e. The summed E-state index contributed by atoms with van der Waals surface area (Å²) in [5.41, 5.74) is 1.59. The summed E-state index contributed by atoms with van der Waals surface area (Å²) < 4.78 is 1.64. The molecule has 0 radical (unpaired) electrons. The number of fused-ring (bicyclic) bond motifs is 1. The van der Waals surface area contributed by atoms with Gasteiger partial charge in [-0.05, 0) is 18.2 Å². The SMILES string of the molecule is COn1ccc2c(C#N)cccc21. The van der Waals surface area contributed by atoms with Gasteiger partial charge in [0.05, 0.1) is 17.1 Å². The van der Waals surface area contributed by atoms with Gasteiger partial charge in [-0.1, -0.05) is 6.07 Å². The lowest BCUT2D eigenvalue weighted by molar-refractivity contribution is 0.179. The Morgan fingerprint density at radius 3 is 2.92 bits per heavy atom. The number of hydrogen-bond donors (Lipinski definition) is 0. The second kappa shape index (κ2) is 2.83. The van der Waals surface area contributed by atoms with Gasteiger partial charge < -0.3 is 4.84 Å². The third-order valence-corrected chi connectivity index (χ3v) is 2.01. The Hall–Kier alpha value is -1.95. The van der Waals surface area contributed by atoms with Crippen LogP contribution in [0.3, 0.4) is 0 Å². The molecule has 0 fully saturated rings. The van der Waals surface area contributed by atoms with E-state index < -0.39 is 0 Å². The number of hydrogen-bond acceptors (Lipinski definition) is 2. The lowest BCUT2D eigenvalue weighted by Gasteiger charge is -2.01. The summed E-state index contributed by atoms with van der Waals surface area (Å²) in [5, 5.41) is 9.74. The predicted molar refractivity (Wildman–Crippen MR) is 49.2 cm³/mol. The van der Waals surface area contributed by atoms with Crippen LogP contribution in [-0.4, -0.2) is 11.8 Å². The minimum absolute atomic E-state index is 0.674. The smallest absolute Gasteiger partial charge is 0.104 e. The van der Waals surface area contributed by atoms with Crippen LogP contribution in [0, 0.1) is 11.3 Å². The molecule has 0 aliphatic heterocycles. The van der Waals surface area contributed by atoms with E-state index in [4.69, 9.17) is 10.1 Å². The van der Waals surface area contributed by atoms with E-state index in [0.717, 1.165) is 10.9 Å². The lowest BCUT2D eigenvalue weighted by atomic mass is 10.1. The van der Waals surface area contributed by atoms with Crippen LogP contribution < -0.4 is 4.84 Å². The van der Waals surface area contributed by atoms with E-state index in [2.05, 4.69) is 6.07 Å². The second-order valence-electron chi connectivity index (χ2n) is 2.67. The van der Waals surface area contributed by atoms with Crippen molar-refractivity contribution in [1.82, 2.24) is 4.73 Å². The normalized spacial score (nSPS) is 9.85. The molecule has 0 bridgehead atoms. The Balaban J connectivity index is 2.81. The van der Waals surface area contributed by atoms with Crippen LogP contribution in [0.5, 0.6) is 0 Å². The topological polar surface area (TPSA) is 38.0 Å². The summed E-state index contributed by atoms with van der Waals surface area (Å²) in [6, 6.07) is 9.56. The number of benzene rings is 1. The molecule has 0 saturated carbocycles. The number of aromatic nitrogens is 1. The lowest BCUT2D eigenvalue weighted by Crippen LogP contribution is -2.02. The van der Waals surface area contributed by atoms with Crippen LogP contribution in [-0.2, 0) is 0 Å². The summed E-state index contributed by atoms with van der Waals surface area (Å²) in [5.74, 6) is 0. The molecule has 0 spiro atoms. The molecule has 1 aromatic heterocycles. The molecule has 3 heteroatoms. The molecule has 0 N–H and O–H groups in total. The van der Waals surface area contributed by atoms with Crippen LogP contribution in [0.25, 0.3) is 10.9 Å². The van der Waals surface area contributed by atoms with Gasteiger partial charge in [0.1, 0.15) is 7.11 Å². The van der Waals surface area contributed by atoms with Crippen LogP contribution >= 0.6 is 0 Å². The minimum atomic E-state index is 0.674. The van der Waals surface area contributed by atoms with Crippen molar-refractivity contribution in [1.29, 1.82) is 5.26 Å². The fourth-order valence-electron chi connectivity index (χ4n) is 1.40. The first-order valence-corrected chi connectivity index (χ1v) is 3.91. The van der Waals surface area contributed by atoms with Crippen molar-refractivity contribution in [2.24, 2.45) is 0 Å². The van der Waals surface area contributed by atoms with Crippen LogP contribution in [0.1, 0.15) is 5.56 Å². The van der Waals surface area contributed by atoms with E-state index in [1.807, 2.05) is 18.2 Å². The Bertz CT molecular complexity index is 479. The summed E-state index contributed by atoms with van der Waals surface area (Å²) in [6.07, 6.45) is 1.80. The van der Waals surface area contributed by atoms with E-state index in [9.17, 15) is 0 Å². The van der Waals surface area contributed by atoms with E-state index in [1.54, 1.807) is 24.1 Å². The first kappa shape index (κ1) is 7.69. The Morgan fingerprint density at radius 2 is 2.23 bits per heavy atom. The monoisotopic (exact) mass is 172 g/mol. The van der Waals surface area contributed by atoms with Crippen molar-refractivity contribution in [3.05, 3.63) is 36.0 Å². The van der Waals surface area contributed by atoms with Gasteiger partial charge in [-0.3, -0.25) is 0 Å². The van der Waals surface area contributed by atoms with Crippen molar-refractivity contribution in [3.63, 3.8) is 0 Å². The molecule has 0 aliphatic rings. The third-order valence-electron chi connectivity index (χ3n) is 2.01. The Kier molecular flexibility index (Phi) is 1.67. The molecule has 0 saturated heterocycles. The van der Waals surface area contributed by atoms with Crippen LogP contribution in [0.15, 0.2) is 30.5 Å². The molecular formula is C10H8N2O. The van der Waals surface area contributed by atoms with Crippen molar-refractivity contribution < 1.29 is 4.84 Å². The molecule has 1 aromatic carbocycles. The highest BCUT2D eigenvalue weighted by Crippen LogP contribution is 2.18. The standard InChI is InChI=1S/C10H8N2O/c1-13-12-6-5-9-8(7-11)3-2-4-10(9)12/h2-6H,1H3. The van der Waals surface area contributed by atoms with Gasteiger partial charge in [-0.15, -0.1) is 0 Å². The number of rotatable bonds is 1. The van der Waals surface area contributed by atoms with E-state index >= 15 is 0 Å². The Morgan fingerprint density at radius 1 is 1.38 bits per heavy atom. The van der Waals surface area contributed by atoms with E-state index in [1.165, 1.54) is 0 Å². The van der Waals surface area contributed by atoms with E-state index in [-0.39, 0.29) is 0 Å². The molecule has 0 aliphatic carbocycles. The van der Waals surface area contributed by atoms with Gasteiger partial charge in [-0.2, -0.15) is 9.99 Å². The quantitative estimate of drug-likeness (QED) is 0.654. The van der Waals surface area contributed by atoms with Crippen LogP contribution in [0.2, 0.25) is 0 Å². The van der Waals surface area contributed by atoms with Gasteiger partial charge >= 0.3 is 0 Å². The second-order valence-corrected chi connectivity index (χ2v) is 2.67. The molecule has 13 heavy (non-hydrogen) atoms. The van der Waals surface area contributed by atoms with Crippen molar-refractivity contribution in [3.8, 4) is 6.07 Å². The molecule has 1 heterocycles. The molecule has 3 nitrogen and oxygen atoms in total. The molecule has 64 valence electrons. The fourth-order valence-corrected chi connectivity index (χ4v) is 1.40. The maximum absolute atomic E-state index is 8.82. The zero-order valence-electron chi connectivity index (χ0n) is 7.19. The number of nitrogens with zero attached hydrogens (tertiary/aromatic N) is 2. The number of nitriles is 1. The van der Waals surface area contributed by atoms with Gasteiger partial charge in [0.2, 0.25) is 0 Å². The van der Waals surface area contributed by atoms with Crippen molar-refractivity contribution in [2.75, 3.05) is 7.11 Å². The summed E-state index contributed by atoms with van der Waals surface area (Å²) in [4.78, 5) is 5.07. The first-order valence-electron chi connectivity index (χ1n) is 3.91. The third kappa shape index (κ3) is 1.04. The van der Waals surface area contributed by atoms with Gasteiger partial charge in [0.15, 0.2) is 0 Å². The highest BCUT2D eigenvalue weighted by molar-refractivity contribution is 5.85. The summed E-state index contributed by atoms with van der Waals surface area (Å²) in [7, 11) is 1.60. The highest BCUT2D eigenvalue weighted by atomic mass is 16.6. The molecule has 0 atom stereocenters.